The number of fused-ring (bicyclic) bond motifs is 1. The van der Waals surface area contributed by atoms with Crippen LogP contribution in [0.3, 0.4) is 0 Å². The summed E-state index contributed by atoms with van der Waals surface area (Å²) in [6.07, 6.45) is 18.4. The number of H-pyrrole nitrogens is 1. The molecular formula is C27H44FN3O. The number of halogens is 1. The first-order valence-corrected chi connectivity index (χ1v) is 12.9. The first-order valence-electron chi connectivity index (χ1n) is 12.9. The molecule has 4 nitrogen and oxygen atoms in total. The van der Waals surface area contributed by atoms with Gasteiger partial charge < -0.3 is 15.6 Å². The topological polar surface area (TPSA) is 56.9 Å². The third-order valence-electron chi connectivity index (χ3n) is 6.23. The van der Waals surface area contributed by atoms with Gasteiger partial charge in [0.25, 0.3) is 5.91 Å². The van der Waals surface area contributed by atoms with Gasteiger partial charge in [-0.15, -0.1) is 0 Å². The summed E-state index contributed by atoms with van der Waals surface area (Å²) in [6.45, 7) is 6.96. The van der Waals surface area contributed by atoms with Crippen LogP contribution in [0, 0.1) is 12.7 Å². The predicted octanol–water partition coefficient (Wildman–Crippen LogP) is 7.03. The Morgan fingerprint density at radius 3 is 2.03 bits per heavy atom. The summed E-state index contributed by atoms with van der Waals surface area (Å²) < 4.78 is 13.8. The van der Waals surface area contributed by atoms with E-state index in [9.17, 15) is 9.18 Å². The maximum absolute atomic E-state index is 13.8. The van der Waals surface area contributed by atoms with E-state index in [1.54, 1.807) is 19.2 Å². The minimum absolute atomic E-state index is 0.133. The molecule has 1 aromatic heterocycles. The highest BCUT2D eigenvalue weighted by atomic mass is 19.1. The van der Waals surface area contributed by atoms with Crippen LogP contribution < -0.4 is 10.6 Å². The van der Waals surface area contributed by atoms with Crippen molar-refractivity contribution in [2.45, 2.75) is 97.3 Å². The van der Waals surface area contributed by atoms with Gasteiger partial charge in [-0.3, -0.25) is 4.79 Å². The molecule has 0 aliphatic rings. The van der Waals surface area contributed by atoms with Crippen molar-refractivity contribution in [3.63, 3.8) is 0 Å². The van der Waals surface area contributed by atoms with Gasteiger partial charge in [-0.2, -0.15) is 0 Å². The van der Waals surface area contributed by atoms with Crippen molar-refractivity contribution in [2.75, 3.05) is 19.6 Å². The number of rotatable bonds is 18. The van der Waals surface area contributed by atoms with Crippen molar-refractivity contribution in [2.24, 2.45) is 0 Å². The molecule has 0 atom stereocenters. The first-order chi connectivity index (χ1) is 15.6. The second kappa shape index (κ2) is 15.8. The Hall–Kier alpha value is -1.88. The molecule has 0 aliphatic heterocycles. The third-order valence-corrected chi connectivity index (χ3v) is 6.23. The summed E-state index contributed by atoms with van der Waals surface area (Å²) in [5.41, 5.74) is 1.89. The van der Waals surface area contributed by atoms with Gasteiger partial charge in [0.2, 0.25) is 0 Å². The minimum Gasteiger partial charge on any atom is -0.360 e. The Bertz CT molecular complexity index is 787. The predicted molar refractivity (Wildman–Crippen MR) is 134 cm³/mol. The quantitative estimate of drug-likeness (QED) is 0.216. The fourth-order valence-electron chi connectivity index (χ4n) is 4.15. The lowest BCUT2D eigenvalue weighted by atomic mass is 10.1. The van der Waals surface area contributed by atoms with E-state index < -0.39 is 0 Å². The van der Waals surface area contributed by atoms with Gasteiger partial charge in [0.1, 0.15) is 5.82 Å². The summed E-state index contributed by atoms with van der Waals surface area (Å²) in [7, 11) is 0. The highest BCUT2D eigenvalue weighted by molar-refractivity contribution is 6.06. The van der Waals surface area contributed by atoms with Gasteiger partial charge in [-0.1, -0.05) is 71.1 Å². The van der Waals surface area contributed by atoms with Gasteiger partial charge in [0, 0.05) is 23.6 Å². The molecule has 0 bridgehead atoms. The molecule has 180 valence electrons. The molecule has 0 saturated carbocycles. The lowest BCUT2D eigenvalue weighted by Gasteiger charge is -2.06. The second-order valence-electron chi connectivity index (χ2n) is 9.10. The number of aromatic nitrogens is 1. The van der Waals surface area contributed by atoms with Crippen molar-refractivity contribution in [3.8, 4) is 0 Å². The molecule has 5 heteroatoms. The lowest BCUT2D eigenvalue weighted by molar-refractivity contribution is 0.0954. The Morgan fingerprint density at radius 2 is 1.41 bits per heavy atom. The smallest absolute Gasteiger partial charge is 0.253 e. The Kier molecular flexibility index (Phi) is 13.1. The maximum atomic E-state index is 13.8. The van der Waals surface area contributed by atoms with E-state index in [0.29, 0.717) is 23.1 Å². The molecule has 1 aromatic carbocycles. The number of amides is 1. The van der Waals surface area contributed by atoms with Crippen LogP contribution in [0.2, 0.25) is 0 Å². The van der Waals surface area contributed by atoms with Crippen molar-refractivity contribution in [1.29, 1.82) is 0 Å². The van der Waals surface area contributed by atoms with E-state index in [-0.39, 0.29) is 11.7 Å². The summed E-state index contributed by atoms with van der Waals surface area (Å²) in [5.74, 6) is -0.411. The minimum atomic E-state index is -0.279. The van der Waals surface area contributed by atoms with Crippen LogP contribution in [-0.4, -0.2) is 30.5 Å². The van der Waals surface area contributed by atoms with E-state index >= 15 is 0 Å². The Balaban J connectivity index is 1.41. The van der Waals surface area contributed by atoms with Crippen molar-refractivity contribution >= 4 is 16.8 Å². The number of carbonyl (C=O) groups excluding carboxylic acids is 1. The number of nitrogens with one attached hydrogen (secondary N) is 3. The van der Waals surface area contributed by atoms with Crippen molar-refractivity contribution in [3.05, 3.63) is 35.3 Å². The molecule has 0 unspecified atom stereocenters. The fourth-order valence-corrected chi connectivity index (χ4v) is 4.15. The molecule has 1 amide bonds. The van der Waals surface area contributed by atoms with Gasteiger partial charge in [-0.05, 0) is 57.0 Å². The molecule has 0 spiro atoms. The largest absolute Gasteiger partial charge is 0.360 e. The zero-order chi connectivity index (χ0) is 23.0. The molecule has 0 fully saturated rings. The molecule has 2 aromatic rings. The zero-order valence-electron chi connectivity index (χ0n) is 20.3. The number of unbranched alkanes of at least 4 members (excludes halogenated alkanes) is 11. The van der Waals surface area contributed by atoms with Gasteiger partial charge in [0.05, 0.1) is 5.56 Å². The fraction of sp³-hybridized carbons (Fsp3) is 0.667. The number of aromatic amines is 1. The van der Waals surface area contributed by atoms with Gasteiger partial charge in [0.15, 0.2) is 0 Å². The highest BCUT2D eigenvalue weighted by Gasteiger charge is 2.13. The van der Waals surface area contributed by atoms with E-state index in [1.165, 1.54) is 76.7 Å². The van der Waals surface area contributed by atoms with Crippen molar-refractivity contribution < 1.29 is 9.18 Å². The number of aryl methyl sites for hydroxylation is 1. The summed E-state index contributed by atoms with van der Waals surface area (Å²) in [4.78, 5) is 15.5. The molecule has 0 aliphatic carbocycles. The molecule has 0 saturated heterocycles. The van der Waals surface area contributed by atoms with E-state index in [4.69, 9.17) is 0 Å². The number of benzene rings is 1. The summed E-state index contributed by atoms with van der Waals surface area (Å²) in [6, 6.07) is 3.19. The number of carbonyl (C=O) groups is 1. The molecule has 1 heterocycles. The summed E-state index contributed by atoms with van der Waals surface area (Å²) >= 11 is 0. The van der Waals surface area contributed by atoms with Crippen LogP contribution in [0.5, 0.6) is 0 Å². The normalized spacial score (nSPS) is 11.3. The monoisotopic (exact) mass is 445 g/mol. The maximum Gasteiger partial charge on any atom is 0.253 e. The molecule has 32 heavy (non-hydrogen) atoms. The van der Waals surface area contributed by atoms with Crippen LogP contribution in [0.25, 0.3) is 10.9 Å². The zero-order valence-corrected chi connectivity index (χ0v) is 20.3. The van der Waals surface area contributed by atoms with Crippen LogP contribution in [0.15, 0.2) is 18.3 Å². The van der Waals surface area contributed by atoms with Gasteiger partial charge >= 0.3 is 0 Å². The first kappa shape index (κ1) is 26.4. The number of hydrogen-bond acceptors (Lipinski definition) is 2. The van der Waals surface area contributed by atoms with Crippen LogP contribution in [0.1, 0.15) is 106 Å². The highest BCUT2D eigenvalue weighted by Crippen LogP contribution is 2.22. The van der Waals surface area contributed by atoms with Crippen molar-refractivity contribution in [1.82, 2.24) is 15.6 Å². The standard InChI is InChI=1S/C27H44FN3O/c1-3-4-5-6-7-10-13-16-29-17-14-11-8-9-12-15-18-30-27(32)24-21-31-26-19-22(2)25(28)20-23(24)26/h19-21,29,31H,3-18H2,1-2H3,(H,30,32). The van der Waals surface area contributed by atoms with E-state index in [1.807, 2.05) is 0 Å². The lowest BCUT2D eigenvalue weighted by Crippen LogP contribution is -2.24. The second-order valence-corrected chi connectivity index (χ2v) is 9.10. The average molecular weight is 446 g/mol. The number of hydrogen-bond donors (Lipinski definition) is 3. The summed E-state index contributed by atoms with van der Waals surface area (Å²) in [5, 5.41) is 7.18. The molecule has 0 radical (unpaired) electrons. The van der Waals surface area contributed by atoms with E-state index in [2.05, 4.69) is 22.5 Å². The third kappa shape index (κ3) is 9.72. The molecular weight excluding hydrogens is 401 g/mol. The SMILES string of the molecule is CCCCCCCCCNCCCCCCCCNC(=O)c1c[nH]c2cc(C)c(F)cc12. The Morgan fingerprint density at radius 1 is 0.844 bits per heavy atom. The van der Waals surface area contributed by atoms with E-state index in [0.717, 1.165) is 31.4 Å². The van der Waals surface area contributed by atoms with Crippen LogP contribution >= 0.6 is 0 Å². The average Bonchev–Trinajstić information content (AvgIpc) is 3.18. The molecule has 2 rings (SSSR count). The van der Waals surface area contributed by atoms with Crippen LogP contribution in [0.4, 0.5) is 4.39 Å². The van der Waals surface area contributed by atoms with Crippen LogP contribution in [-0.2, 0) is 0 Å². The van der Waals surface area contributed by atoms with Gasteiger partial charge in [-0.25, -0.2) is 4.39 Å². The molecule has 3 N–H and O–H groups in total. The Labute approximate surface area is 194 Å².